The van der Waals surface area contributed by atoms with Crippen molar-refractivity contribution in [3.63, 3.8) is 0 Å². The average Bonchev–Trinajstić information content (AvgIpc) is 3.92. The van der Waals surface area contributed by atoms with Crippen LogP contribution in [0.2, 0.25) is 0 Å². The van der Waals surface area contributed by atoms with Crippen LogP contribution >= 0.6 is 0 Å². The number of amides is 2. The van der Waals surface area contributed by atoms with Crippen molar-refractivity contribution >= 4 is 40.2 Å². The third kappa shape index (κ3) is 6.46. The number of fused-ring (bicyclic) bond motifs is 1. The second-order valence-electron chi connectivity index (χ2n) is 13.6. The van der Waals surface area contributed by atoms with Crippen LogP contribution in [0.5, 0.6) is 0 Å². The third-order valence-corrected chi connectivity index (χ3v) is 10.6. The largest absolute Gasteiger partial charge is 0.369 e. The number of aromatic nitrogens is 5. The number of hydrogen-bond donors (Lipinski definition) is 2. The number of hydrogen-bond acceptors (Lipinski definition) is 9. The van der Waals surface area contributed by atoms with Gasteiger partial charge in [0.25, 0.3) is 0 Å². The van der Waals surface area contributed by atoms with Crippen LogP contribution in [0.4, 0.5) is 17.2 Å². The van der Waals surface area contributed by atoms with Crippen LogP contribution in [0.1, 0.15) is 68.2 Å². The fourth-order valence-corrected chi connectivity index (χ4v) is 7.74. The van der Waals surface area contributed by atoms with E-state index in [1.54, 1.807) is 0 Å². The minimum atomic E-state index is -0.229. The molecule has 1 aliphatic carbocycles. The minimum absolute atomic E-state index is 0.170. The highest BCUT2D eigenvalue weighted by Crippen LogP contribution is 2.31. The predicted octanol–water partition coefficient (Wildman–Crippen LogP) is 4.22. The standard InChI is InChI=1S/C36H44N10O2/c47-33-10-9-31(36(48)41-33)26-5-7-29(8-6-26)44-21-19-43(20-22-44)18-17-42-14-11-30(12-15-42)46-25-28(23-39-46)40-34-35-37-13-16-45(35)32(24-38-34)27-3-1-2-4-27/h3,5-8,13,16,23-25,30-31H,1-2,4,9-12,14-15,17-22H2,(H,38,40)(H,41,47,48). The summed E-state index contributed by atoms with van der Waals surface area (Å²) in [4.78, 5) is 40.7. The van der Waals surface area contributed by atoms with E-state index in [1.807, 2.05) is 24.8 Å². The summed E-state index contributed by atoms with van der Waals surface area (Å²) in [6.45, 7) is 8.45. The summed E-state index contributed by atoms with van der Waals surface area (Å²) in [5.74, 6) is 0.174. The fourth-order valence-electron chi connectivity index (χ4n) is 7.74. The van der Waals surface area contributed by atoms with Gasteiger partial charge in [-0.25, -0.2) is 9.97 Å². The van der Waals surface area contributed by atoms with Crippen molar-refractivity contribution in [3.8, 4) is 0 Å². The van der Waals surface area contributed by atoms with Crippen LogP contribution < -0.4 is 15.5 Å². The molecule has 0 spiro atoms. The number of carbonyl (C=O) groups is 2. The molecule has 1 unspecified atom stereocenters. The zero-order valence-electron chi connectivity index (χ0n) is 27.4. The van der Waals surface area contributed by atoms with Crippen LogP contribution in [-0.4, -0.2) is 98.1 Å². The van der Waals surface area contributed by atoms with Crippen LogP contribution in [-0.2, 0) is 9.59 Å². The Morgan fingerprint density at radius 3 is 2.42 bits per heavy atom. The van der Waals surface area contributed by atoms with Gasteiger partial charge in [0.2, 0.25) is 11.8 Å². The molecule has 4 aromatic rings. The van der Waals surface area contributed by atoms with Gasteiger partial charge in [-0.2, -0.15) is 5.10 Å². The summed E-state index contributed by atoms with van der Waals surface area (Å²) in [6, 6.07) is 8.75. The molecule has 1 aromatic carbocycles. The van der Waals surface area contributed by atoms with Gasteiger partial charge in [-0.15, -0.1) is 0 Å². The normalized spacial score (nSPS) is 21.5. The van der Waals surface area contributed by atoms with Gasteiger partial charge in [0.15, 0.2) is 11.5 Å². The molecule has 6 heterocycles. The lowest BCUT2D eigenvalue weighted by Crippen LogP contribution is -2.49. The Morgan fingerprint density at radius 1 is 0.875 bits per heavy atom. The first kappa shape index (κ1) is 30.8. The first-order valence-electron chi connectivity index (χ1n) is 17.5. The average molecular weight is 649 g/mol. The molecule has 3 saturated heterocycles. The van der Waals surface area contributed by atoms with E-state index in [0.717, 1.165) is 106 Å². The Kier molecular flexibility index (Phi) is 8.66. The molecule has 2 N–H and O–H groups in total. The number of imide groups is 1. The molecule has 48 heavy (non-hydrogen) atoms. The molecule has 2 amide bonds. The maximum absolute atomic E-state index is 12.2. The van der Waals surface area contributed by atoms with Gasteiger partial charge >= 0.3 is 0 Å². The van der Waals surface area contributed by atoms with E-state index in [1.165, 1.54) is 17.7 Å². The molecule has 0 saturated carbocycles. The zero-order valence-corrected chi connectivity index (χ0v) is 27.4. The maximum atomic E-state index is 12.2. The molecule has 1 atom stereocenters. The lowest BCUT2D eigenvalue weighted by atomic mass is 9.90. The van der Waals surface area contributed by atoms with Crippen molar-refractivity contribution < 1.29 is 9.59 Å². The smallest absolute Gasteiger partial charge is 0.234 e. The molecule has 0 radical (unpaired) electrons. The number of piperazine rings is 1. The number of nitrogens with one attached hydrogen (secondary N) is 2. The predicted molar refractivity (Wildman–Crippen MR) is 185 cm³/mol. The minimum Gasteiger partial charge on any atom is -0.369 e. The van der Waals surface area contributed by atoms with Crippen molar-refractivity contribution in [2.75, 3.05) is 62.6 Å². The molecule has 8 rings (SSSR count). The van der Waals surface area contributed by atoms with Crippen LogP contribution in [0.25, 0.3) is 11.2 Å². The fraction of sp³-hybridized carbons (Fsp3) is 0.472. The van der Waals surface area contributed by atoms with Crippen LogP contribution in [0, 0.1) is 0 Å². The Morgan fingerprint density at radius 2 is 1.67 bits per heavy atom. The van der Waals surface area contributed by atoms with E-state index >= 15 is 0 Å². The molecule has 4 aliphatic rings. The van der Waals surface area contributed by atoms with Gasteiger partial charge in [0, 0.05) is 83.1 Å². The molecular weight excluding hydrogens is 604 g/mol. The van der Waals surface area contributed by atoms with E-state index in [2.05, 4.69) is 75.9 Å². The van der Waals surface area contributed by atoms with E-state index in [4.69, 9.17) is 10.1 Å². The summed E-state index contributed by atoms with van der Waals surface area (Å²) in [5.41, 5.74) is 6.45. The Hall–Kier alpha value is -4.55. The maximum Gasteiger partial charge on any atom is 0.234 e. The van der Waals surface area contributed by atoms with Gasteiger partial charge in [0.05, 0.1) is 35.7 Å². The number of anilines is 3. The van der Waals surface area contributed by atoms with Gasteiger partial charge in [-0.1, -0.05) is 18.2 Å². The monoisotopic (exact) mass is 648 g/mol. The number of likely N-dealkylation sites (tertiary alicyclic amines) is 1. The van der Waals surface area contributed by atoms with E-state index in [0.29, 0.717) is 18.9 Å². The summed E-state index contributed by atoms with van der Waals surface area (Å²) >= 11 is 0. The second kappa shape index (κ2) is 13.5. The molecule has 0 bridgehead atoms. The van der Waals surface area contributed by atoms with E-state index in [-0.39, 0.29) is 17.7 Å². The van der Waals surface area contributed by atoms with Crippen molar-refractivity contribution in [3.05, 3.63) is 72.6 Å². The first-order chi connectivity index (χ1) is 23.6. The Bertz CT molecular complexity index is 1790. The summed E-state index contributed by atoms with van der Waals surface area (Å²) in [7, 11) is 0. The van der Waals surface area contributed by atoms with Gasteiger partial charge in [-0.05, 0) is 61.8 Å². The molecule has 3 fully saturated rings. The second-order valence-corrected chi connectivity index (χ2v) is 13.6. The number of rotatable bonds is 9. The number of nitrogens with zero attached hydrogens (tertiary/aromatic N) is 8. The summed E-state index contributed by atoms with van der Waals surface area (Å²) in [5, 5.41) is 10.7. The molecule has 3 aliphatic heterocycles. The van der Waals surface area contributed by atoms with E-state index < -0.39 is 0 Å². The van der Waals surface area contributed by atoms with Crippen molar-refractivity contribution in [2.24, 2.45) is 0 Å². The molecule has 12 heteroatoms. The van der Waals surface area contributed by atoms with E-state index in [9.17, 15) is 9.59 Å². The number of benzene rings is 1. The molecule has 250 valence electrons. The Balaban J connectivity index is 0.779. The van der Waals surface area contributed by atoms with Crippen LogP contribution in [0.3, 0.4) is 0 Å². The molecule has 12 nitrogen and oxygen atoms in total. The van der Waals surface area contributed by atoms with Crippen LogP contribution in [0.15, 0.2) is 61.3 Å². The van der Waals surface area contributed by atoms with Gasteiger partial charge < -0.3 is 15.1 Å². The highest BCUT2D eigenvalue weighted by Gasteiger charge is 2.28. The summed E-state index contributed by atoms with van der Waals surface area (Å²) in [6.07, 6.45) is 18.7. The number of imidazole rings is 1. The highest BCUT2D eigenvalue weighted by atomic mass is 16.2. The SMILES string of the molecule is O=C1CCC(c2ccc(N3CCN(CCN4CCC(n5cc(Nc6ncc(C7=CCCC7)n7ccnc67)cn5)CC4)CC3)cc2)C(=O)N1. The number of carbonyl (C=O) groups excluding carboxylic acids is 2. The van der Waals surface area contributed by atoms with Gasteiger partial charge in [0.1, 0.15) is 0 Å². The lowest BCUT2D eigenvalue weighted by Gasteiger charge is -2.38. The number of piperidine rings is 2. The summed E-state index contributed by atoms with van der Waals surface area (Å²) < 4.78 is 4.26. The third-order valence-electron chi connectivity index (χ3n) is 10.6. The van der Waals surface area contributed by atoms with Gasteiger partial charge in [-0.3, -0.25) is 28.9 Å². The Labute approximate surface area is 280 Å². The number of allylic oxidation sites excluding steroid dienone is 2. The van der Waals surface area contributed by atoms with Crippen molar-refractivity contribution in [2.45, 2.75) is 56.9 Å². The first-order valence-corrected chi connectivity index (χ1v) is 17.5. The zero-order chi connectivity index (χ0) is 32.5. The topological polar surface area (TPSA) is 116 Å². The van der Waals surface area contributed by atoms with Crippen molar-refractivity contribution in [1.82, 2.24) is 39.3 Å². The molecular formula is C36H44N10O2. The molecule has 3 aromatic heterocycles. The highest BCUT2D eigenvalue weighted by molar-refractivity contribution is 6.01. The lowest BCUT2D eigenvalue weighted by molar-refractivity contribution is -0.134. The van der Waals surface area contributed by atoms with Crippen molar-refractivity contribution in [1.29, 1.82) is 0 Å². The quantitative estimate of drug-likeness (QED) is 0.258.